The Hall–Kier alpha value is -1.91. The van der Waals surface area contributed by atoms with Crippen molar-refractivity contribution in [3.05, 3.63) is 18.2 Å². The Morgan fingerprint density at radius 2 is 2.06 bits per heavy atom. The number of carbonyl (C=O) groups is 1. The molecule has 0 radical (unpaired) electrons. The molecular weight excluding hydrogens is 206 g/mol. The summed E-state index contributed by atoms with van der Waals surface area (Å²) < 4.78 is 0. The van der Waals surface area contributed by atoms with Gasteiger partial charge in [-0.1, -0.05) is 0 Å². The monoisotopic (exact) mass is 221 g/mol. The fourth-order valence-corrected chi connectivity index (χ4v) is 1.95. The maximum absolute atomic E-state index is 10.5. The summed E-state index contributed by atoms with van der Waals surface area (Å²) in [6.07, 6.45) is 1.31. The molecule has 1 aliphatic rings. The second-order valence-corrected chi connectivity index (χ2v) is 3.90. The lowest BCUT2D eigenvalue weighted by molar-refractivity contribution is 0.210. The SMILES string of the molecule is Nc1cc(N2CCCC2)ccc1NC(=O)O. The maximum Gasteiger partial charge on any atom is 0.409 e. The molecule has 0 bridgehead atoms. The molecule has 1 saturated heterocycles. The van der Waals surface area contributed by atoms with E-state index in [1.54, 1.807) is 6.07 Å². The standard InChI is InChI=1S/C11H15N3O2/c12-9-7-8(14-5-1-2-6-14)3-4-10(9)13-11(15)16/h3-4,7,13H,1-2,5-6,12H2,(H,15,16). The van der Waals surface area contributed by atoms with Crippen molar-refractivity contribution in [2.75, 3.05) is 29.0 Å². The van der Waals surface area contributed by atoms with Gasteiger partial charge in [0.15, 0.2) is 0 Å². The van der Waals surface area contributed by atoms with Crippen molar-refractivity contribution in [1.29, 1.82) is 0 Å². The van der Waals surface area contributed by atoms with E-state index in [4.69, 9.17) is 10.8 Å². The minimum absolute atomic E-state index is 0.440. The lowest BCUT2D eigenvalue weighted by Gasteiger charge is -2.18. The third kappa shape index (κ3) is 2.18. The van der Waals surface area contributed by atoms with Crippen LogP contribution in [0.15, 0.2) is 18.2 Å². The van der Waals surface area contributed by atoms with Gasteiger partial charge in [-0.3, -0.25) is 5.32 Å². The summed E-state index contributed by atoms with van der Waals surface area (Å²) in [5.74, 6) is 0. The largest absolute Gasteiger partial charge is 0.465 e. The van der Waals surface area contributed by atoms with Crippen molar-refractivity contribution in [1.82, 2.24) is 0 Å². The summed E-state index contributed by atoms with van der Waals surface area (Å²) in [5, 5.41) is 10.9. The zero-order valence-electron chi connectivity index (χ0n) is 8.94. The lowest BCUT2D eigenvalue weighted by atomic mass is 10.2. The summed E-state index contributed by atoms with van der Waals surface area (Å²) in [6, 6.07) is 5.42. The van der Waals surface area contributed by atoms with E-state index in [0.29, 0.717) is 11.4 Å². The Morgan fingerprint density at radius 3 is 2.62 bits per heavy atom. The Morgan fingerprint density at radius 1 is 1.38 bits per heavy atom. The molecule has 1 aromatic carbocycles. The number of anilines is 3. The number of amides is 1. The van der Waals surface area contributed by atoms with Crippen LogP contribution in [0, 0.1) is 0 Å². The van der Waals surface area contributed by atoms with Crippen LogP contribution in [0.3, 0.4) is 0 Å². The van der Waals surface area contributed by atoms with Crippen LogP contribution in [0.1, 0.15) is 12.8 Å². The normalized spacial score (nSPS) is 15.1. The molecule has 1 amide bonds. The van der Waals surface area contributed by atoms with E-state index in [2.05, 4.69) is 10.2 Å². The Labute approximate surface area is 93.9 Å². The smallest absolute Gasteiger partial charge is 0.409 e. The highest BCUT2D eigenvalue weighted by Crippen LogP contribution is 2.27. The molecule has 2 rings (SSSR count). The number of nitrogens with one attached hydrogen (secondary N) is 1. The number of nitrogens with two attached hydrogens (primary N) is 1. The number of carboxylic acid groups (broad SMARTS) is 1. The molecule has 0 saturated carbocycles. The molecule has 0 unspecified atom stereocenters. The maximum atomic E-state index is 10.5. The van der Waals surface area contributed by atoms with Crippen molar-refractivity contribution in [2.45, 2.75) is 12.8 Å². The van der Waals surface area contributed by atoms with E-state index in [1.807, 2.05) is 12.1 Å². The Balaban J connectivity index is 2.18. The van der Waals surface area contributed by atoms with Crippen LogP contribution in [0.25, 0.3) is 0 Å². The van der Waals surface area contributed by atoms with E-state index in [1.165, 1.54) is 12.8 Å². The zero-order chi connectivity index (χ0) is 11.5. The van der Waals surface area contributed by atoms with E-state index < -0.39 is 6.09 Å². The molecule has 5 nitrogen and oxygen atoms in total. The number of hydrogen-bond acceptors (Lipinski definition) is 3. The molecule has 0 spiro atoms. The molecule has 1 fully saturated rings. The van der Waals surface area contributed by atoms with Gasteiger partial charge in [-0.05, 0) is 31.0 Å². The summed E-state index contributed by atoms with van der Waals surface area (Å²) in [5.41, 5.74) is 7.75. The van der Waals surface area contributed by atoms with E-state index in [0.717, 1.165) is 18.8 Å². The van der Waals surface area contributed by atoms with Gasteiger partial charge in [0, 0.05) is 18.8 Å². The second-order valence-electron chi connectivity index (χ2n) is 3.90. The topological polar surface area (TPSA) is 78.6 Å². The number of nitrogen functional groups attached to an aromatic ring is 1. The first-order valence-corrected chi connectivity index (χ1v) is 5.31. The fourth-order valence-electron chi connectivity index (χ4n) is 1.95. The van der Waals surface area contributed by atoms with Gasteiger partial charge in [0.05, 0.1) is 11.4 Å². The molecular formula is C11H15N3O2. The van der Waals surface area contributed by atoms with Crippen LogP contribution in [0.4, 0.5) is 21.9 Å². The van der Waals surface area contributed by atoms with Crippen LogP contribution in [0.2, 0.25) is 0 Å². The van der Waals surface area contributed by atoms with Gasteiger partial charge in [-0.25, -0.2) is 4.79 Å². The molecule has 5 heteroatoms. The molecule has 4 N–H and O–H groups in total. The van der Waals surface area contributed by atoms with Crippen LogP contribution >= 0.6 is 0 Å². The van der Waals surface area contributed by atoms with Crippen LogP contribution in [0.5, 0.6) is 0 Å². The molecule has 1 aliphatic heterocycles. The minimum atomic E-state index is -1.10. The molecule has 86 valence electrons. The minimum Gasteiger partial charge on any atom is -0.465 e. The summed E-state index contributed by atoms with van der Waals surface area (Å²) in [6.45, 7) is 2.09. The number of rotatable bonds is 2. The van der Waals surface area contributed by atoms with Crippen molar-refractivity contribution in [3.8, 4) is 0 Å². The Kier molecular flexibility index (Phi) is 2.85. The van der Waals surface area contributed by atoms with Gasteiger partial charge in [0.25, 0.3) is 0 Å². The predicted molar refractivity (Wildman–Crippen MR) is 63.9 cm³/mol. The van der Waals surface area contributed by atoms with Crippen LogP contribution in [-0.2, 0) is 0 Å². The highest BCUT2D eigenvalue weighted by molar-refractivity contribution is 5.88. The number of hydrogen-bond donors (Lipinski definition) is 3. The van der Waals surface area contributed by atoms with Gasteiger partial charge in [-0.15, -0.1) is 0 Å². The zero-order valence-corrected chi connectivity index (χ0v) is 8.94. The first-order valence-electron chi connectivity index (χ1n) is 5.31. The molecule has 0 aliphatic carbocycles. The quantitative estimate of drug-likeness (QED) is 0.667. The van der Waals surface area contributed by atoms with Crippen LogP contribution in [-0.4, -0.2) is 24.3 Å². The highest BCUT2D eigenvalue weighted by atomic mass is 16.4. The van der Waals surface area contributed by atoms with E-state index in [-0.39, 0.29) is 0 Å². The van der Waals surface area contributed by atoms with Crippen molar-refractivity contribution >= 4 is 23.2 Å². The summed E-state index contributed by atoms with van der Waals surface area (Å²) >= 11 is 0. The third-order valence-electron chi connectivity index (χ3n) is 2.75. The Bertz CT molecular complexity index is 400. The first kappa shape index (κ1) is 10.6. The number of benzene rings is 1. The van der Waals surface area contributed by atoms with Crippen molar-refractivity contribution in [2.24, 2.45) is 0 Å². The molecule has 1 aromatic rings. The fraction of sp³-hybridized carbons (Fsp3) is 0.364. The lowest BCUT2D eigenvalue weighted by Crippen LogP contribution is -2.18. The second kappa shape index (κ2) is 4.30. The third-order valence-corrected chi connectivity index (χ3v) is 2.75. The van der Waals surface area contributed by atoms with Crippen molar-refractivity contribution < 1.29 is 9.90 Å². The van der Waals surface area contributed by atoms with Gasteiger partial charge >= 0.3 is 6.09 Å². The molecule has 1 heterocycles. The summed E-state index contributed by atoms with van der Waals surface area (Å²) in [7, 11) is 0. The van der Waals surface area contributed by atoms with E-state index >= 15 is 0 Å². The highest BCUT2D eigenvalue weighted by Gasteiger charge is 2.13. The van der Waals surface area contributed by atoms with Gasteiger partial charge < -0.3 is 15.7 Å². The average molecular weight is 221 g/mol. The molecule has 0 aromatic heterocycles. The van der Waals surface area contributed by atoms with E-state index in [9.17, 15) is 4.79 Å². The molecule has 0 atom stereocenters. The van der Waals surface area contributed by atoms with Gasteiger partial charge in [-0.2, -0.15) is 0 Å². The number of nitrogens with zero attached hydrogens (tertiary/aromatic N) is 1. The van der Waals surface area contributed by atoms with Crippen molar-refractivity contribution in [3.63, 3.8) is 0 Å². The van der Waals surface area contributed by atoms with Gasteiger partial charge in [0.1, 0.15) is 0 Å². The summed E-state index contributed by atoms with van der Waals surface area (Å²) in [4.78, 5) is 12.7. The molecule has 16 heavy (non-hydrogen) atoms. The first-order chi connectivity index (χ1) is 7.66. The average Bonchev–Trinajstić information content (AvgIpc) is 2.73. The predicted octanol–water partition coefficient (Wildman–Crippen LogP) is 1.96. The van der Waals surface area contributed by atoms with Crippen LogP contribution < -0.4 is 16.0 Å². The van der Waals surface area contributed by atoms with Gasteiger partial charge in [0.2, 0.25) is 0 Å².